The molecule has 6 heteroatoms. The van der Waals surface area contributed by atoms with Crippen molar-refractivity contribution in [3.63, 3.8) is 0 Å². The Morgan fingerprint density at radius 1 is 1.38 bits per heavy atom. The molecule has 0 spiro atoms. The van der Waals surface area contributed by atoms with Crippen LogP contribution in [-0.4, -0.2) is 37.8 Å². The van der Waals surface area contributed by atoms with Crippen LogP contribution in [0.4, 0.5) is 5.95 Å². The summed E-state index contributed by atoms with van der Waals surface area (Å²) in [4.78, 5) is 10.3. The minimum atomic E-state index is 0.602. The Balaban J connectivity index is 1.70. The zero-order chi connectivity index (χ0) is 16.7. The van der Waals surface area contributed by atoms with Crippen LogP contribution in [0.5, 0.6) is 0 Å². The largest absolute Gasteiger partial charge is 0.339 e. The van der Waals surface area contributed by atoms with E-state index in [0.29, 0.717) is 12.5 Å². The lowest BCUT2D eigenvalue weighted by molar-refractivity contribution is 0.704. The van der Waals surface area contributed by atoms with Crippen molar-refractivity contribution in [3.8, 4) is 11.5 Å². The average Bonchev–Trinajstić information content (AvgIpc) is 3.13. The van der Waals surface area contributed by atoms with Crippen molar-refractivity contribution in [1.82, 2.24) is 24.7 Å². The predicted molar refractivity (Wildman–Crippen MR) is 95.0 cm³/mol. The molecule has 0 radical (unpaired) electrons. The van der Waals surface area contributed by atoms with Gasteiger partial charge < -0.3 is 9.88 Å². The van der Waals surface area contributed by atoms with Crippen LogP contribution in [0.15, 0.2) is 30.0 Å². The molecular formula is C18H24N6. The molecule has 126 valence electrons. The van der Waals surface area contributed by atoms with Crippen LogP contribution in [0.1, 0.15) is 44.9 Å². The van der Waals surface area contributed by atoms with E-state index in [4.69, 9.17) is 0 Å². The van der Waals surface area contributed by atoms with E-state index in [1.165, 1.54) is 18.4 Å². The average molecular weight is 324 g/mol. The fraction of sp³-hybridized carbons (Fsp3) is 0.500. The van der Waals surface area contributed by atoms with Crippen LogP contribution in [0.2, 0.25) is 0 Å². The van der Waals surface area contributed by atoms with Gasteiger partial charge in [0, 0.05) is 25.6 Å². The summed E-state index contributed by atoms with van der Waals surface area (Å²) in [6, 6.07) is 0. The molecule has 0 bridgehead atoms. The van der Waals surface area contributed by atoms with Crippen molar-refractivity contribution in [2.24, 2.45) is 0 Å². The summed E-state index contributed by atoms with van der Waals surface area (Å²) in [5.74, 6) is 3.45. The fourth-order valence-corrected chi connectivity index (χ4v) is 3.24. The van der Waals surface area contributed by atoms with Crippen LogP contribution >= 0.6 is 0 Å². The monoisotopic (exact) mass is 324 g/mol. The van der Waals surface area contributed by atoms with Crippen LogP contribution in [0.25, 0.3) is 11.5 Å². The summed E-state index contributed by atoms with van der Waals surface area (Å²) < 4.78 is 2.16. The van der Waals surface area contributed by atoms with E-state index >= 15 is 0 Å². The van der Waals surface area contributed by atoms with Crippen LogP contribution in [-0.2, 0) is 6.54 Å². The van der Waals surface area contributed by atoms with E-state index in [-0.39, 0.29) is 0 Å². The molecular weight excluding hydrogens is 300 g/mol. The van der Waals surface area contributed by atoms with Gasteiger partial charge in [0.1, 0.15) is 11.5 Å². The molecule has 1 N–H and O–H groups in total. The second-order valence-corrected chi connectivity index (χ2v) is 7.08. The number of hydrogen-bond acceptors (Lipinski definition) is 4. The Morgan fingerprint density at radius 3 is 2.92 bits per heavy atom. The van der Waals surface area contributed by atoms with E-state index in [1.54, 1.807) is 0 Å². The van der Waals surface area contributed by atoms with E-state index in [2.05, 4.69) is 49.2 Å². The Labute approximate surface area is 142 Å². The van der Waals surface area contributed by atoms with Crippen molar-refractivity contribution in [3.05, 3.63) is 35.8 Å². The van der Waals surface area contributed by atoms with Gasteiger partial charge in [-0.1, -0.05) is 23.8 Å². The lowest BCUT2D eigenvalue weighted by atomic mass is 10.1. The van der Waals surface area contributed by atoms with Gasteiger partial charge in [0.15, 0.2) is 5.82 Å². The van der Waals surface area contributed by atoms with Gasteiger partial charge in [-0.3, -0.25) is 4.57 Å². The van der Waals surface area contributed by atoms with E-state index in [9.17, 15) is 0 Å². The van der Waals surface area contributed by atoms with Crippen molar-refractivity contribution in [2.75, 3.05) is 18.0 Å². The normalized spacial score (nSPS) is 17.9. The Kier molecular flexibility index (Phi) is 3.75. The summed E-state index contributed by atoms with van der Waals surface area (Å²) in [5, 5.41) is 8.97. The molecule has 4 rings (SSSR count). The summed E-state index contributed by atoms with van der Waals surface area (Å²) >= 11 is 0. The molecule has 3 heterocycles. The summed E-state index contributed by atoms with van der Waals surface area (Å²) in [6.07, 6.45) is 7.70. The lowest BCUT2D eigenvalue weighted by Crippen LogP contribution is -2.31. The maximum atomic E-state index is 4.53. The molecule has 2 aromatic rings. The number of allylic oxidation sites excluding steroid dienone is 1. The molecule has 1 aliphatic carbocycles. The first-order valence-corrected chi connectivity index (χ1v) is 8.65. The number of anilines is 1. The number of H-pyrrole nitrogens is 1. The summed E-state index contributed by atoms with van der Waals surface area (Å²) in [6.45, 7) is 10.9. The first-order valence-electron chi connectivity index (χ1n) is 8.65. The number of aromatic nitrogens is 5. The molecule has 0 amide bonds. The maximum absolute atomic E-state index is 4.53. The molecule has 0 saturated heterocycles. The number of nitrogens with zero attached hydrogens (tertiary/aromatic N) is 5. The van der Waals surface area contributed by atoms with Gasteiger partial charge in [0.05, 0.1) is 6.20 Å². The highest BCUT2D eigenvalue weighted by atomic mass is 15.4. The standard InChI is InChI=1S/C18H24N6/c1-12(2)10-24-17(15-9-19-16(20-15)14-6-7-14)21-22-18(24)23-8-4-5-13(3)11-23/h5,9,14H,1,4,6-8,10-11H2,2-3H3,(H,19,20). The van der Waals surface area contributed by atoms with E-state index in [1.807, 2.05) is 13.1 Å². The van der Waals surface area contributed by atoms with Crippen molar-refractivity contribution in [1.29, 1.82) is 0 Å². The minimum absolute atomic E-state index is 0.602. The second kappa shape index (κ2) is 5.92. The fourth-order valence-electron chi connectivity index (χ4n) is 3.24. The predicted octanol–water partition coefficient (Wildman–Crippen LogP) is 3.28. The van der Waals surface area contributed by atoms with E-state index < -0.39 is 0 Å². The van der Waals surface area contributed by atoms with Gasteiger partial charge in [-0.15, -0.1) is 10.2 Å². The molecule has 1 aliphatic heterocycles. The SMILES string of the molecule is C=C(C)Cn1c(-c2cnc(C3CC3)[nH]2)nnc1N1CCC=C(C)C1. The van der Waals surface area contributed by atoms with E-state index in [0.717, 1.165) is 48.4 Å². The van der Waals surface area contributed by atoms with Crippen molar-refractivity contribution >= 4 is 5.95 Å². The second-order valence-electron chi connectivity index (χ2n) is 7.08. The molecule has 2 aliphatic rings. The molecule has 0 atom stereocenters. The molecule has 1 saturated carbocycles. The van der Waals surface area contributed by atoms with Crippen LogP contribution in [0, 0.1) is 0 Å². The van der Waals surface area contributed by atoms with Crippen LogP contribution < -0.4 is 4.90 Å². The highest BCUT2D eigenvalue weighted by Crippen LogP contribution is 2.39. The number of rotatable bonds is 5. The Morgan fingerprint density at radius 2 is 2.21 bits per heavy atom. The number of hydrogen-bond donors (Lipinski definition) is 1. The van der Waals surface area contributed by atoms with Crippen molar-refractivity contribution in [2.45, 2.75) is 45.6 Å². The van der Waals surface area contributed by atoms with Gasteiger partial charge in [-0.25, -0.2) is 4.98 Å². The molecule has 6 nitrogen and oxygen atoms in total. The Bertz CT molecular complexity index is 792. The third kappa shape index (κ3) is 2.88. The van der Waals surface area contributed by atoms with Gasteiger partial charge in [-0.05, 0) is 33.1 Å². The van der Waals surface area contributed by atoms with Gasteiger partial charge >= 0.3 is 0 Å². The topological polar surface area (TPSA) is 62.6 Å². The van der Waals surface area contributed by atoms with Gasteiger partial charge in [0.25, 0.3) is 0 Å². The maximum Gasteiger partial charge on any atom is 0.228 e. The number of aromatic amines is 1. The number of imidazole rings is 1. The highest BCUT2D eigenvalue weighted by Gasteiger charge is 2.28. The van der Waals surface area contributed by atoms with Crippen LogP contribution in [0.3, 0.4) is 0 Å². The van der Waals surface area contributed by atoms with Gasteiger partial charge in [-0.2, -0.15) is 0 Å². The summed E-state index contributed by atoms with van der Waals surface area (Å²) in [7, 11) is 0. The molecule has 2 aromatic heterocycles. The first kappa shape index (κ1) is 15.2. The Hall–Kier alpha value is -2.37. The third-order valence-corrected chi connectivity index (χ3v) is 4.57. The molecule has 1 fully saturated rings. The summed E-state index contributed by atoms with van der Waals surface area (Å²) in [5.41, 5.74) is 3.41. The lowest BCUT2D eigenvalue weighted by Gasteiger charge is -2.27. The first-order chi connectivity index (χ1) is 11.6. The smallest absolute Gasteiger partial charge is 0.228 e. The molecule has 0 aromatic carbocycles. The van der Waals surface area contributed by atoms with Crippen molar-refractivity contribution < 1.29 is 0 Å². The minimum Gasteiger partial charge on any atom is -0.339 e. The molecule has 24 heavy (non-hydrogen) atoms. The zero-order valence-corrected chi connectivity index (χ0v) is 14.4. The molecule has 0 unspecified atom stereocenters. The highest BCUT2D eigenvalue weighted by molar-refractivity contribution is 5.53. The number of nitrogens with one attached hydrogen (secondary N) is 1. The third-order valence-electron chi connectivity index (χ3n) is 4.57. The van der Waals surface area contributed by atoms with Gasteiger partial charge in [0.2, 0.25) is 5.95 Å². The quantitative estimate of drug-likeness (QED) is 0.857. The zero-order valence-electron chi connectivity index (χ0n) is 14.4.